The van der Waals surface area contributed by atoms with E-state index >= 15 is 0 Å². The van der Waals surface area contributed by atoms with Gasteiger partial charge in [-0.2, -0.15) is 5.10 Å². The predicted octanol–water partition coefficient (Wildman–Crippen LogP) is 1.83. The summed E-state index contributed by atoms with van der Waals surface area (Å²) in [5, 5.41) is 10.7. The maximum absolute atomic E-state index is 11.2. The minimum absolute atomic E-state index is 0.311. The summed E-state index contributed by atoms with van der Waals surface area (Å²) in [6.45, 7) is 3.58. The Morgan fingerprint density at radius 1 is 1.50 bits per heavy atom. The molecule has 2 aromatic rings. The van der Waals surface area contributed by atoms with Crippen LogP contribution in [0.2, 0.25) is 0 Å². The van der Waals surface area contributed by atoms with Crippen LogP contribution < -0.4 is 5.32 Å². The molecule has 0 aliphatic heterocycles. The number of hydrogen-bond donors (Lipinski definition) is 2. The zero-order chi connectivity index (χ0) is 11.5. The fourth-order valence-corrected chi connectivity index (χ4v) is 1.50. The number of benzene rings is 1. The topological polar surface area (TPSA) is 57.8 Å². The Bertz CT molecular complexity index is 601. The second kappa shape index (κ2) is 4.07. The Morgan fingerprint density at radius 3 is 3.06 bits per heavy atom. The van der Waals surface area contributed by atoms with Gasteiger partial charge >= 0.3 is 0 Å². The molecule has 0 saturated carbocycles. The van der Waals surface area contributed by atoms with E-state index in [1.165, 1.54) is 0 Å². The minimum Gasteiger partial charge on any atom is -0.315 e. The highest BCUT2D eigenvalue weighted by Gasteiger charge is 2.03. The van der Waals surface area contributed by atoms with E-state index in [2.05, 4.69) is 27.4 Å². The lowest BCUT2D eigenvalue weighted by Crippen LogP contribution is -2.07. The van der Waals surface area contributed by atoms with Crippen LogP contribution in [0.1, 0.15) is 12.6 Å². The SMILES string of the molecule is CC#CC(=O)Nc1ccc2c(C)[nH]nc2c1. The number of nitrogens with zero attached hydrogens (tertiary/aromatic N) is 1. The van der Waals surface area contributed by atoms with Crippen LogP contribution in [-0.2, 0) is 4.79 Å². The summed E-state index contributed by atoms with van der Waals surface area (Å²) in [7, 11) is 0. The van der Waals surface area contributed by atoms with Crippen molar-refractivity contribution in [2.24, 2.45) is 0 Å². The maximum atomic E-state index is 11.2. The summed E-state index contributed by atoms with van der Waals surface area (Å²) in [6.07, 6.45) is 0. The Kier molecular flexibility index (Phi) is 2.61. The van der Waals surface area contributed by atoms with Gasteiger partial charge in [0.2, 0.25) is 0 Å². The van der Waals surface area contributed by atoms with Crippen molar-refractivity contribution in [2.45, 2.75) is 13.8 Å². The number of amides is 1. The van der Waals surface area contributed by atoms with Crippen molar-refractivity contribution >= 4 is 22.5 Å². The Morgan fingerprint density at radius 2 is 2.31 bits per heavy atom. The molecule has 2 rings (SSSR count). The lowest BCUT2D eigenvalue weighted by atomic mass is 10.2. The largest absolute Gasteiger partial charge is 0.315 e. The first kappa shape index (κ1) is 10.2. The number of carbonyl (C=O) groups excluding carboxylic acids is 1. The first-order valence-electron chi connectivity index (χ1n) is 4.89. The van der Waals surface area contributed by atoms with Gasteiger partial charge in [0.1, 0.15) is 0 Å². The van der Waals surface area contributed by atoms with Crippen molar-refractivity contribution in [3.63, 3.8) is 0 Å². The van der Waals surface area contributed by atoms with Gasteiger partial charge in [0, 0.05) is 16.8 Å². The van der Waals surface area contributed by atoms with Crippen LogP contribution in [0.5, 0.6) is 0 Å². The summed E-state index contributed by atoms with van der Waals surface area (Å²) in [4.78, 5) is 11.2. The molecule has 0 aliphatic rings. The molecule has 1 amide bonds. The molecule has 1 aromatic carbocycles. The highest BCUT2D eigenvalue weighted by Crippen LogP contribution is 2.19. The lowest BCUT2D eigenvalue weighted by Gasteiger charge is -2.00. The maximum Gasteiger partial charge on any atom is 0.300 e. The molecule has 16 heavy (non-hydrogen) atoms. The number of hydrogen-bond acceptors (Lipinski definition) is 2. The highest BCUT2D eigenvalue weighted by atomic mass is 16.1. The van der Waals surface area contributed by atoms with Gasteiger partial charge in [0.15, 0.2) is 0 Å². The van der Waals surface area contributed by atoms with Crippen LogP contribution in [0.15, 0.2) is 18.2 Å². The number of anilines is 1. The predicted molar refractivity (Wildman–Crippen MR) is 62.9 cm³/mol. The molecule has 0 spiro atoms. The van der Waals surface area contributed by atoms with E-state index in [9.17, 15) is 4.79 Å². The van der Waals surface area contributed by atoms with Crippen molar-refractivity contribution in [3.05, 3.63) is 23.9 Å². The molecule has 1 heterocycles. The smallest absolute Gasteiger partial charge is 0.300 e. The quantitative estimate of drug-likeness (QED) is 0.710. The Labute approximate surface area is 93.0 Å². The van der Waals surface area contributed by atoms with Crippen molar-refractivity contribution < 1.29 is 4.79 Å². The molecule has 0 aliphatic carbocycles. The van der Waals surface area contributed by atoms with Gasteiger partial charge in [-0.05, 0) is 38.0 Å². The van der Waals surface area contributed by atoms with Crippen LogP contribution >= 0.6 is 0 Å². The van der Waals surface area contributed by atoms with Gasteiger partial charge in [-0.15, -0.1) is 0 Å². The summed E-state index contributed by atoms with van der Waals surface area (Å²) in [6, 6.07) is 5.57. The number of aromatic amines is 1. The van der Waals surface area contributed by atoms with E-state index in [0.29, 0.717) is 5.69 Å². The number of carbonyl (C=O) groups is 1. The molecule has 0 saturated heterocycles. The lowest BCUT2D eigenvalue weighted by molar-refractivity contribution is -0.111. The zero-order valence-electron chi connectivity index (χ0n) is 9.09. The monoisotopic (exact) mass is 213 g/mol. The standard InChI is InChI=1S/C12H11N3O/c1-3-4-12(16)13-9-5-6-10-8(2)14-15-11(10)7-9/h5-7H,1-2H3,(H,13,16)(H,14,15). The van der Waals surface area contributed by atoms with Gasteiger partial charge in [0.05, 0.1) is 5.52 Å². The number of fused-ring (bicyclic) bond motifs is 1. The van der Waals surface area contributed by atoms with Crippen molar-refractivity contribution in [1.29, 1.82) is 0 Å². The molecule has 80 valence electrons. The van der Waals surface area contributed by atoms with E-state index in [-0.39, 0.29) is 5.91 Å². The first-order chi connectivity index (χ1) is 7.70. The third-order valence-corrected chi connectivity index (χ3v) is 2.24. The van der Waals surface area contributed by atoms with Crippen molar-refractivity contribution in [3.8, 4) is 11.8 Å². The van der Waals surface area contributed by atoms with Crippen LogP contribution in [0.3, 0.4) is 0 Å². The number of aryl methyl sites for hydroxylation is 1. The molecule has 0 unspecified atom stereocenters. The summed E-state index contributed by atoms with van der Waals surface area (Å²) >= 11 is 0. The van der Waals surface area contributed by atoms with Crippen LogP contribution in [0, 0.1) is 18.8 Å². The van der Waals surface area contributed by atoms with E-state index in [1.54, 1.807) is 6.92 Å². The highest BCUT2D eigenvalue weighted by molar-refractivity contribution is 6.04. The molecular formula is C12H11N3O. The van der Waals surface area contributed by atoms with E-state index in [1.807, 2.05) is 25.1 Å². The third-order valence-electron chi connectivity index (χ3n) is 2.24. The number of rotatable bonds is 1. The third kappa shape index (κ3) is 1.89. The number of H-pyrrole nitrogens is 1. The van der Waals surface area contributed by atoms with Gasteiger partial charge in [-0.1, -0.05) is 5.92 Å². The summed E-state index contributed by atoms with van der Waals surface area (Å²) in [5.74, 6) is 4.65. The van der Waals surface area contributed by atoms with Gasteiger partial charge in [-0.25, -0.2) is 0 Å². The number of nitrogens with one attached hydrogen (secondary N) is 2. The minimum atomic E-state index is -0.311. The van der Waals surface area contributed by atoms with Crippen LogP contribution in [-0.4, -0.2) is 16.1 Å². The van der Waals surface area contributed by atoms with Gasteiger partial charge in [0.25, 0.3) is 5.91 Å². The molecule has 4 nitrogen and oxygen atoms in total. The Hall–Kier alpha value is -2.28. The summed E-state index contributed by atoms with van der Waals surface area (Å²) in [5.41, 5.74) is 2.55. The molecule has 1 aromatic heterocycles. The summed E-state index contributed by atoms with van der Waals surface area (Å²) < 4.78 is 0. The molecule has 0 fully saturated rings. The van der Waals surface area contributed by atoms with Gasteiger partial charge < -0.3 is 5.32 Å². The van der Waals surface area contributed by atoms with Crippen molar-refractivity contribution in [2.75, 3.05) is 5.32 Å². The van der Waals surface area contributed by atoms with E-state index < -0.39 is 0 Å². The normalized spacial score (nSPS) is 9.62. The first-order valence-corrected chi connectivity index (χ1v) is 4.89. The van der Waals surface area contributed by atoms with Crippen LogP contribution in [0.25, 0.3) is 10.9 Å². The van der Waals surface area contributed by atoms with Crippen LogP contribution in [0.4, 0.5) is 5.69 Å². The molecule has 0 bridgehead atoms. The zero-order valence-corrected chi connectivity index (χ0v) is 9.09. The Balaban J connectivity index is 2.32. The second-order valence-corrected chi connectivity index (χ2v) is 3.41. The van der Waals surface area contributed by atoms with E-state index in [4.69, 9.17) is 0 Å². The van der Waals surface area contributed by atoms with E-state index in [0.717, 1.165) is 16.6 Å². The molecule has 0 radical (unpaired) electrons. The number of aromatic nitrogens is 2. The molecule has 2 N–H and O–H groups in total. The van der Waals surface area contributed by atoms with Gasteiger partial charge in [-0.3, -0.25) is 9.89 Å². The molecule has 4 heteroatoms. The fraction of sp³-hybridized carbons (Fsp3) is 0.167. The molecule has 0 atom stereocenters. The molecular weight excluding hydrogens is 202 g/mol. The fourth-order valence-electron chi connectivity index (χ4n) is 1.50. The average molecular weight is 213 g/mol. The average Bonchev–Trinajstić information content (AvgIpc) is 2.60. The second-order valence-electron chi connectivity index (χ2n) is 3.41. The van der Waals surface area contributed by atoms with Crippen molar-refractivity contribution in [1.82, 2.24) is 10.2 Å².